The van der Waals surface area contributed by atoms with Gasteiger partial charge in [-0.15, -0.1) is 0 Å². The normalized spacial score (nSPS) is 12.4. The van der Waals surface area contributed by atoms with Gasteiger partial charge in [-0.25, -0.2) is 8.42 Å². The molecule has 8 nitrogen and oxygen atoms in total. The molecule has 0 spiro atoms. The number of methoxy groups -OCH3 is 3. The summed E-state index contributed by atoms with van der Waals surface area (Å²) in [4.78, 5) is 12.7. The van der Waals surface area contributed by atoms with Crippen molar-refractivity contribution in [2.24, 2.45) is 0 Å². The van der Waals surface area contributed by atoms with Crippen molar-refractivity contribution in [1.29, 1.82) is 0 Å². The quantitative estimate of drug-likeness (QED) is 0.699. The molecule has 0 fully saturated rings. The minimum Gasteiger partial charge on any atom is -0.493 e. The minimum atomic E-state index is -3.56. The van der Waals surface area contributed by atoms with Gasteiger partial charge in [0.25, 0.3) is 5.91 Å². The summed E-state index contributed by atoms with van der Waals surface area (Å²) in [6.07, 6.45) is 0. The molecule has 1 aromatic carbocycles. The maximum Gasteiger partial charge on any atom is 0.253 e. The molecule has 0 aromatic heterocycles. The van der Waals surface area contributed by atoms with Crippen molar-refractivity contribution in [2.45, 2.75) is 19.9 Å². The summed E-state index contributed by atoms with van der Waals surface area (Å²) in [6.45, 7) is 3.65. The summed E-state index contributed by atoms with van der Waals surface area (Å²) in [6, 6.07) is 2.69. The second-order valence-electron chi connectivity index (χ2n) is 5.42. The predicted molar refractivity (Wildman–Crippen MR) is 96.2 cm³/mol. The maximum absolute atomic E-state index is 12.7. The van der Waals surface area contributed by atoms with Crippen LogP contribution in [0, 0.1) is 0 Å². The van der Waals surface area contributed by atoms with E-state index in [0.717, 1.165) is 4.31 Å². The van der Waals surface area contributed by atoms with Crippen molar-refractivity contribution in [3.8, 4) is 11.5 Å². The van der Waals surface area contributed by atoms with E-state index < -0.39 is 15.9 Å². The number of rotatable bonds is 9. The highest BCUT2D eigenvalue weighted by atomic mass is 32.2. The lowest BCUT2D eigenvalue weighted by Crippen LogP contribution is -2.37. The average Bonchev–Trinajstić information content (AvgIpc) is 2.59. The molecule has 9 heteroatoms. The van der Waals surface area contributed by atoms with E-state index in [0.29, 0.717) is 18.1 Å². The number of carbonyl (C=O) groups is 1. The third kappa shape index (κ3) is 4.99. The van der Waals surface area contributed by atoms with Crippen LogP contribution in [0.2, 0.25) is 0 Å². The Kier molecular flexibility index (Phi) is 7.50. The number of nitrogens with zero attached hydrogens (tertiary/aromatic N) is 1. The van der Waals surface area contributed by atoms with Crippen LogP contribution in [0.15, 0.2) is 12.1 Å². The van der Waals surface area contributed by atoms with Crippen LogP contribution in [0.1, 0.15) is 24.2 Å². The largest absolute Gasteiger partial charge is 0.493 e. The fraction of sp³-hybridized carbons (Fsp3) is 0.562. The van der Waals surface area contributed by atoms with Crippen molar-refractivity contribution < 1.29 is 27.4 Å². The van der Waals surface area contributed by atoms with E-state index in [9.17, 15) is 13.2 Å². The molecule has 0 saturated heterocycles. The summed E-state index contributed by atoms with van der Waals surface area (Å²) >= 11 is 0. The summed E-state index contributed by atoms with van der Waals surface area (Å²) in [5.74, 6) is 0.132. The van der Waals surface area contributed by atoms with Crippen LogP contribution < -0.4 is 19.1 Å². The van der Waals surface area contributed by atoms with Crippen molar-refractivity contribution in [3.63, 3.8) is 0 Å². The number of hydrogen-bond acceptors (Lipinski definition) is 6. The van der Waals surface area contributed by atoms with Gasteiger partial charge in [0, 0.05) is 26.3 Å². The third-order valence-corrected chi connectivity index (χ3v) is 5.42. The molecule has 1 aromatic rings. The second kappa shape index (κ2) is 8.91. The number of nitrogens with one attached hydrogen (secondary N) is 1. The van der Waals surface area contributed by atoms with E-state index in [2.05, 4.69) is 5.32 Å². The molecule has 0 aliphatic heterocycles. The number of amides is 1. The van der Waals surface area contributed by atoms with Crippen LogP contribution in [-0.2, 0) is 14.8 Å². The molecule has 142 valence electrons. The molecule has 0 unspecified atom stereocenters. The van der Waals surface area contributed by atoms with Crippen molar-refractivity contribution in [3.05, 3.63) is 17.7 Å². The Hall–Kier alpha value is -2.00. The fourth-order valence-corrected chi connectivity index (χ4v) is 3.09. The first-order valence-electron chi connectivity index (χ1n) is 7.74. The molecule has 25 heavy (non-hydrogen) atoms. The lowest BCUT2D eigenvalue weighted by Gasteiger charge is -2.23. The lowest BCUT2D eigenvalue weighted by molar-refractivity contribution is 0.0906. The molecule has 1 N–H and O–H groups in total. The van der Waals surface area contributed by atoms with Crippen molar-refractivity contribution >= 4 is 21.6 Å². The SMILES string of the molecule is CCS(=O)(=O)N(C)c1cc(OC)c(OC)cc1C(=O)N[C@@H](C)COC. The van der Waals surface area contributed by atoms with Crippen molar-refractivity contribution in [2.75, 3.05) is 45.0 Å². The van der Waals surface area contributed by atoms with E-state index in [-0.39, 0.29) is 23.0 Å². The summed E-state index contributed by atoms with van der Waals surface area (Å²) < 4.78 is 41.0. The Morgan fingerprint density at radius 1 is 1.20 bits per heavy atom. The Labute approximate surface area is 149 Å². The Bertz CT molecular complexity index is 705. The fourth-order valence-electron chi connectivity index (χ4n) is 2.25. The zero-order valence-corrected chi connectivity index (χ0v) is 16.3. The topological polar surface area (TPSA) is 94.2 Å². The molecule has 0 bridgehead atoms. The monoisotopic (exact) mass is 374 g/mol. The van der Waals surface area contributed by atoms with Gasteiger partial charge in [-0.2, -0.15) is 0 Å². The highest BCUT2D eigenvalue weighted by molar-refractivity contribution is 7.92. The first-order valence-corrected chi connectivity index (χ1v) is 9.35. The molecule has 0 radical (unpaired) electrons. The zero-order valence-electron chi connectivity index (χ0n) is 15.5. The third-order valence-electron chi connectivity index (χ3n) is 3.66. The van der Waals surface area contributed by atoms with Crippen molar-refractivity contribution in [1.82, 2.24) is 5.32 Å². The van der Waals surface area contributed by atoms with Gasteiger partial charge < -0.3 is 19.5 Å². The number of sulfonamides is 1. The van der Waals surface area contributed by atoms with E-state index in [1.165, 1.54) is 47.4 Å². The van der Waals surface area contributed by atoms with Crippen LogP contribution in [0.3, 0.4) is 0 Å². The van der Waals surface area contributed by atoms with Crippen LogP contribution in [0.4, 0.5) is 5.69 Å². The van der Waals surface area contributed by atoms with Gasteiger partial charge in [0.15, 0.2) is 11.5 Å². The molecule has 0 aliphatic rings. The first-order chi connectivity index (χ1) is 11.7. The number of ether oxygens (including phenoxy) is 3. The summed E-state index contributed by atoms with van der Waals surface area (Å²) in [5, 5.41) is 2.77. The van der Waals surface area contributed by atoms with Gasteiger partial charge in [0.1, 0.15) is 0 Å². The number of hydrogen-bond donors (Lipinski definition) is 1. The number of benzene rings is 1. The van der Waals surface area contributed by atoms with Crippen LogP contribution >= 0.6 is 0 Å². The maximum atomic E-state index is 12.7. The molecular weight excluding hydrogens is 348 g/mol. The van der Waals surface area contributed by atoms with Gasteiger partial charge in [-0.05, 0) is 19.9 Å². The average molecular weight is 374 g/mol. The zero-order chi connectivity index (χ0) is 19.2. The van der Waals surface area contributed by atoms with E-state index in [1.807, 2.05) is 0 Å². The predicted octanol–water partition coefficient (Wildman–Crippen LogP) is 1.25. The van der Waals surface area contributed by atoms with Crippen LogP contribution in [-0.4, -0.2) is 61.1 Å². The van der Waals surface area contributed by atoms with Gasteiger partial charge in [0.05, 0.1) is 37.8 Å². The Morgan fingerprint density at radius 2 is 1.76 bits per heavy atom. The molecular formula is C16H26N2O6S. The Balaban J connectivity index is 3.44. The van der Waals surface area contributed by atoms with Gasteiger partial charge >= 0.3 is 0 Å². The van der Waals surface area contributed by atoms with E-state index >= 15 is 0 Å². The number of carbonyl (C=O) groups excluding carboxylic acids is 1. The van der Waals surface area contributed by atoms with Crippen LogP contribution in [0.25, 0.3) is 0 Å². The van der Waals surface area contributed by atoms with Crippen LogP contribution in [0.5, 0.6) is 11.5 Å². The Morgan fingerprint density at radius 3 is 2.24 bits per heavy atom. The van der Waals surface area contributed by atoms with E-state index in [4.69, 9.17) is 14.2 Å². The smallest absolute Gasteiger partial charge is 0.253 e. The molecule has 0 aliphatic carbocycles. The standard InChI is InChI=1S/C16H26N2O6S/c1-7-25(20,21)18(3)13-9-15(24-6)14(23-5)8-12(13)16(19)17-11(2)10-22-4/h8-9,11H,7,10H2,1-6H3,(H,17,19)/t11-/m0/s1. The minimum absolute atomic E-state index is 0.0982. The molecule has 0 heterocycles. The number of anilines is 1. The molecule has 0 saturated carbocycles. The highest BCUT2D eigenvalue weighted by Gasteiger charge is 2.25. The van der Waals surface area contributed by atoms with Gasteiger partial charge in [-0.3, -0.25) is 9.10 Å². The van der Waals surface area contributed by atoms with Gasteiger partial charge in [0.2, 0.25) is 10.0 Å². The summed E-state index contributed by atoms with van der Waals surface area (Å²) in [7, 11) is 2.26. The molecule has 1 atom stereocenters. The first kappa shape index (κ1) is 21.0. The van der Waals surface area contributed by atoms with E-state index in [1.54, 1.807) is 6.92 Å². The summed E-state index contributed by atoms with van der Waals surface area (Å²) in [5.41, 5.74) is 0.377. The molecule has 1 rings (SSSR count). The highest BCUT2D eigenvalue weighted by Crippen LogP contribution is 2.35. The second-order valence-corrected chi connectivity index (χ2v) is 7.71. The molecule has 1 amide bonds. The van der Waals surface area contributed by atoms with Gasteiger partial charge in [-0.1, -0.05) is 0 Å². The lowest BCUT2D eigenvalue weighted by atomic mass is 10.1.